The van der Waals surface area contributed by atoms with E-state index in [1.54, 1.807) is 25.1 Å². The van der Waals surface area contributed by atoms with Crippen molar-refractivity contribution in [1.82, 2.24) is 0 Å². The van der Waals surface area contributed by atoms with Crippen molar-refractivity contribution in [2.24, 2.45) is 5.73 Å². The molecule has 0 aliphatic heterocycles. The van der Waals surface area contributed by atoms with Crippen LogP contribution in [0.1, 0.15) is 18.5 Å². The molecule has 0 spiro atoms. The lowest BCUT2D eigenvalue weighted by molar-refractivity contribution is 0.164. The average Bonchev–Trinajstić information content (AvgIpc) is 2.08. The summed E-state index contributed by atoms with van der Waals surface area (Å²) in [7, 11) is 0. The second-order valence-corrected chi connectivity index (χ2v) is 3.83. The molecule has 13 heavy (non-hydrogen) atoms. The third-order valence-electron chi connectivity index (χ3n) is 1.86. The molecular formula is C9H12BrNO2. The molecule has 4 N–H and O–H groups in total. The predicted molar refractivity (Wildman–Crippen MR) is 54.4 cm³/mol. The summed E-state index contributed by atoms with van der Waals surface area (Å²) in [4.78, 5) is 0. The Balaban J connectivity index is 3.05. The van der Waals surface area contributed by atoms with Gasteiger partial charge in [-0.25, -0.2) is 0 Å². The highest BCUT2D eigenvalue weighted by Gasteiger charge is 2.15. The van der Waals surface area contributed by atoms with Crippen molar-refractivity contribution in [3.05, 3.63) is 28.2 Å². The molecule has 0 heterocycles. The quantitative estimate of drug-likeness (QED) is 0.741. The first-order valence-corrected chi connectivity index (χ1v) is 4.73. The van der Waals surface area contributed by atoms with E-state index in [0.29, 0.717) is 5.56 Å². The fraction of sp³-hybridized carbons (Fsp3) is 0.333. The van der Waals surface area contributed by atoms with Crippen LogP contribution in [0, 0.1) is 0 Å². The molecule has 0 unspecified atom stereocenters. The maximum atomic E-state index is 9.26. The van der Waals surface area contributed by atoms with Crippen molar-refractivity contribution in [3.8, 4) is 5.75 Å². The van der Waals surface area contributed by atoms with Gasteiger partial charge in [0, 0.05) is 4.47 Å². The van der Waals surface area contributed by atoms with Crippen LogP contribution in [-0.4, -0.2) is 16.3 Å². The SMILES string of the molecule is C[C@@H](O)[C@@H](N)c1cc(O)ccc1Br. The van der Waals surface area contributed by atoms with Crippen molar-refractivity contribution in [1.29, 1.82) is 0 Å². The second-order valence-electron chi connectivity index (χ2n) is 2.97. The fourth-order valence-electron chi connectivity index (χ4n) is 1.05. The minimum atomic E-state index is -0.641. The monoisotopic (exact) mass is 245 g/mol. The van der Waals surface area contributed by atoms with Gasteiger partial charge in [0.15, 0.2) is 0 Å². The van der Waals surface area contributed by atoms with E-state index in [2.05, 4.69) is 15.9 Å². The highest BCUT2D eigenvalue weighted by molar-refractivity contribution is 9.10. The first kappa shape index (κ1) is 10.5. The van der Waals surface area contributed by atoms with Gasteiger partial charge in [-0.15, -0.1) is 0 Å². The van der Waals surface area contributed by atoms with Gasteiger partial charge in [0.1, 0.15) is 5.75 Å². The molecule has 72 valence electrons. The third kappa shape index (κ3) is 2.43. The van der Waals surface area contributed by atoms with Crippen LogP contribution >= 0.6 is 15.9 Å². The highest BCUT2D eigenvalue weighted by atomic mass is 79.9. The summed E-state index contributed by atoms with van der Waals surface area (Å²) in [6, 6.07) is 4.32. The molecule has 2 atom stereocenters. The Morgan fingerprint density at radius 2 is 2.08 bits per heavy atom. The van der Waals surface area contributed by atoms with Crippen molar-refractivity contribution in [2.45, 2.75) is 19.1 Å². The van der Waals surface area contributed by atoms with Crippen LogP contribution in [0.4, 0.5) is 0 Å². The number of aromatic hydroxyl groups is 1. The van der Waals surface area contributed by atoms with Gasteiger partial charge in [-0.1, -0.05) is 15.9 Å². The number of rotatable bonds is 2. The number of aliphatic hydroxyl groups is 1. The summed E-state index contributed by atoms with van der Waals surface area (Å²) < 4.78 is 0.790. The molecule has 0 aliphatic rings. The van der Waals surface area contributed by atoms with E-state index in [-0.39, 0.29) is 5.75 Å². The van der Waals surface area contributed by atoms with Gasteiger partial charge in [0.05, 0.1) is 12.1 Å². The molecule has 0 saturated heterocycles. The molecule has 4 heteroatoms. The van der Waals surface area contributed by atoms with E-state index < -0.39 is 12.1 Å². The number of benzene rings is 1. The lowest BCUT2D eigenvalue weighted by Crippen LogP contribution is -2.23. The predicted octanol–water partition coefficient (Wildman–Crippen LogP) is 1.54. The maximum absolute atomic E-state index is 9.26. The summed E-state index contributed by atoms with van der Waals surface area (Å²) in [5.41, 5.74) is 6.42. The lowest BCUT2D eigenvalue weighted by Gasteiger charge is -2.16. The number of hydrogen-bond donors (Lipinski definition) is 3. The van der Waals surface area contributed by atoms with Crippen molar-refractivity contribution in [3.63, 3.8) is 0 Å². The molecular weight excluding hydrogens is 234 g/mol. The van der Waals surface area contributed by atoms with Crippen LogP contribution in [0.2, 0.25) is 0 Å². The largest absolute Gasteiger partial charge is 0.508 e. The molecule has 0 aromatic heterocycles. The number of hydrogen-bond acceptors (Lipinski definition) is 3. The van der Waals surface area contributed by atoms with E-state index in [0.717, 1.165) is 4.47 Å². The zero-order valence-electron chi connectivity index (χ0n) is 7.24. The van der Waals surface area contributed by atoms with Crippen LogP contribution in [0.5, 0.6) is 5.75 Å². The molecule has 0 amide bonds. The summed E-state index contributed by atoms with van der Waals surface area (Å²) in [5.74, 6) is 0.148. The average molecular weight is 246 g/mol. The Kier molecular flexibility index (Phi) is 3.30. The molecule has 3 nitrogen and oxygen atoms in total. The molecule has 0 radical (unpaired) electrons. The Labute approximate surface area is 85.3 Å². The fourth-order valence-corrected chi connectivity index (χ4v) is 1.56. The minimum absolute atomic E-state index is 0.148. The molecule has 0 bridgehead atoms. The summed E-state index contributed by atoms with van der Waals surface area (Å²) in [6.45, 7) is 1.61. The Morgan fingerprint density at radius 3 is 2.62 bits per heavy atom. The van der Waals surface area contributed by atoms with Gasteiger partial charge >= 0.3 is 0 Å². The Bertz CT molecular complexity index is 302. The van der Waals surface area contributed by atoms with E-state index >= 15 is 0 Å². The molecule has 0 fully saturated rings. The topological polar surface area (TPSA) is 66.5 Å². The van der Waals surface area contributed by atoms with Crippen molar-refractivity contribution >= 4 is 15.9 Å². The highest BCUT2D eigenvalue weighted by Crippen LogP contribution is 2.27. The van der Waals surface area contributed by atoms with Crippen molar-refractivity contribution < 1.29 is 10.2 Å². The third-order valence-corrected chi connectivity index (χ3v) is 2.58. The first-order chi connectivity index (χ1) is 6.02. The van der Waals surface area contributed by atoms with Gasteiger partial charge in [0.25, 0.3) is 0 Å². The van der Waals surface area contributed by atoms with E-state index in [4.69, 9.17) is 5.73 Å². The van der Waals surface area contributed by atoms with E-state index in [9.17, 15) is 10.2 Å². The van der Waals surface area contributed by atoms with E-state index in [1.807, 2.05) is 0 Å². The number of halogens is 1. The Hall–Kier alpha value is -0.580. The molecule has 0 saturated carbocycles. The van der Waals surface area contributed by atoms with Gasteiger partial charge in [-0.3, -0.25) is 0 Å². The minimum Gasteiger partial charge on any atom is -0.508 e. The van der Waals surface area contributed by atoms with Crippen LogP contribution in [-0.2, 0) is 0 Å². The Morgan fingerprint density at radius 1 is 1.46 bits per heavy atom. The van der Waals surface area contributed by atoms with Crippen molar-refractivity contribution in [2.75, 3.05) is 0 Å². The number of nitrogens with two attached hydrogens (primary N) is 1. The molecule has 1 rings (SSSR count). The summed E-state index contributed by atoms with van der Waals surface area (Å²) in [6.07, 6.45) is -0.641. The maximum Gasteiger partial charge on any atom is 0.115 e. The lowest BCUT2D eigenvalue weighted by atomic mass is 10.0. The second kappa shape index (κ2) is 4.09. The smallest absolute Gasteiger partial charge is 0.115 e. The van der Waals surface area contributed by atoms with Crippen LogP contribution in [0.3, 0.4) is 0 Å². The summed E-state index contributed by atoms with van der Waals surface area (Å²) in [5, 5.41) is 18.5. The number of phenolic OH excluding ortho intramolecular Hbond substituents is 1. The molecule has 1 aromatic rings. The zero-order valence-corrected chi connectivity index (χ0v) is 8.82. The summed E-state index contributed by atoms with van der Waals surface area (Å²) >= 11 is 3.30. The normalized spacial score (nSPS) is 15.4. The van der Waals surface area contributed by atoms with Gasteiger partial charge in [0.2, 0.25) is 0 Å². The zero-order chi connectivity index (χ0) is 10.0. The van der Waals surface area contributed by atoms with Crippen LogP contribution in [0.15, 0.2) is 22.7 Å². The number of aliphatic hydroxyl groups excluding tert-OH is 1. The first-order valence-electron chi connectivity index (χ1n) is 3.94. The van der Waals surface area contributed by atoms with Gasteiger partial charge in [-0.2, -0.15) is 0 Å². The van der Waals surface area contributed by atoms with E-state index in [1.165, 1.54) is 0 Å². The van der Waals surface area contributed by atoms with Crippen LogP contribution in [0.25, 0.3) is 0 Å². The van der Waals surface area contributed by atoms with Gasteiger partial charge < -0.3 is 15.9 Å². The molecule has 0 aliphatic carbocycles. The van der Waals surface area contributed by atoms with Gasteiger partial charge in [-0.05, 0) is 30.7 Å². The molecule has 1 aromatic carbocycles. The number of phenols is 1. The van der Waals surface area contributed by atoms with Crippen LogP contribution < -0.4 is 5.73 Å². The standard InChI is InChI=1S/C9H12BrNO2/c1-5(12)9(11)7-4-6(13)2-3-8(7)10/h2-5,9,12-13H,11H2,1H3/t5-,9-/m1/s1.